The van der Waals surface area contributed by atoms with E-state index in [1.54, 1.807) is 0 Å². The molecule has 0 amide bonds. The average Bonchev–Trinajstić information content (AvgIpc) is 2.35. The minimum Gasteiger partial charge on any atom is -0.388 e. The summed E-state index contributed by atoms with van der Waals surface area (Å²) in [5, 5.41) is 20.7. The molecular formula is C15H25ClO2. The van der Waals surface area contributed by atoms with E-state index < -0.39 is 11.7 Å². The molecule has 1 fully saturated rings. The van der Waals surface area contributed by atoms with Gasteiger partial charge in [-0.2, -0.15) is 0 Å². The summed E-state index contributed by atoms with van der Waals surface area (Å²) in [6.45, 7) is 8.01. The van der Waals surface area contributed by atoms with E-state index in [2.05, 4.69) is 6.58 Å². The van der Waals surface area contributed by atoms with Crippen LogP contribution < -0.4 is 0 Å². The summed E-state index contributed by atoms with van der Waals surface area (Å²) in [6, 6.07) is 0. The average molecular weight is 273 g/mol. The number of aliphatic hydroxyl groups excluding tert-OH is 1. The van der Waals surface area contributed by atoms with E-state index in [1.165, 1.54) is 5.57 Å². The summed E-state index contributed by atoms with van der Waals surface area (Å²) >= 11 is 5.91. The first-order chi connectivity index (χ1) is 8.40. The van der Waals surface area contributed by atoms with Crippen LogP contribution in [-0.4, -0.2) is 27.8 Å². The van der Waals surface area contributed by atoms with Crippen LogP contribution in [0.2, 0.25) is 0 Å². The largest absolute Gasteiger partial charge is 0.388 e. The van der Waals surface area contributed by atoms with Gasteiger partial charge in [-0.25, -0.2) is 0 Å². The van der Waals surface area contributed by atoms with E-state index in [0.717, 1.165) is 24.8 Å². The molecule has 1 aliphatic rings. The maximum absolute atomic E-state index is 10.5. The lowest BCUT2D eigenvalue weighted by atomic mass is 9.71. The zero-order chi connectivity index (χ0) is 13.8. The Balaban J connectivity index is 2.71. The number of hydrogen-bond donors (Lipinski definition) is 2. The van der Waals surface area contributed by atoms with Crippen molar-refractivity contribution in [3.8, 4) is 0 Å². The maximum Gasteiger partial charge on any atom is 0.0848 e. The van der Waals surface area contributed by atoms with Crippen molar-refractivity contribution >= 4 is 11.6 Å². The Labute approximate surface area is 115 Å². The zero-order valence-corrected chi connectivity index (χ0v) is 12.2. The van der Waals surface area contributed by atoms with Crippen molar-refractivity contribution < 1.29 is 10.2 Å². The molecule has 0 bridgehead atoms. The van der Waals surface area contributed by atoms with Crippen molar-refractivity contribution in [2.45, 2.75) is 57.7 Å². The Hall–Kier alpha value is -0.310. The molecule has 18 heavy (non-hydrogen) atoms. The maximum atomic E-state index is 10.5. The second kappa shape index (κ2) is 6.74. The third-order valence-corrected chi connectivity index (χ3v) is 4.32. The van der Waals surface area contributed by atoms with Gasteiger partial charge in [0.2, 0.25) is 0 Å². The molecule has 2 nitrogen and oxygen atoms in total. The van der Waals surface area contributed by atoms with Gasteiger partial charge in [-0.15, -0.1) is 11.6 Å². The molecular weight excluding hydrogens is 248 g/mol. The van der Waals surface area contributed by atoms with E-state index in [9.17, 15) is 10.2 Å². The second-order valence-corrected chi connectivity index (χ2v) is 5.91. The van der Waals surface area contributed by atoms with Crippen LogP contribution in [0.3, 0.4) is 0 Å². The smallest absolute Gasteiger partial charge is 0.0848 e. The van der Waals surface area contributed by atoms with Gasteiger partial charge in [-0.1, -0.05) is 31.1 Å². The monoisotopic (exact) mass is 272 g/mol. The molecule has 3 atom stereocenters. The number of aliphatic hydroxyl groups is 2. The first kappa shape index (κ1) is 15.7. The van der Waals surface area contributed by atoms with Crippen molar-refractivity contribution in [2.75, 3.05) is 5.88 Å². The number of halogens is 1. The number of rotatable bonds is 5. The molecule has 0 aromatic carbocycles. The van der Waals surface area contributed by atoms with Crippen LogP contribution in [-0.2, 0) is 0 Å². The molecule has 0 aliphatic heterocycles. The van der Waals surface area contributed by atoms with Crippen LogP contribution in [0.1, 0.15) is 46.0 Å². The van der Waals surface area contributed by atoms with Crippen LogP contribution in [0.15, 0.2) is 23.8 Å². The van der Waals surface area contributed by atoms with Crippen LogP contribution in [0.5, 0.6) is 0 Å². The molecule has 0 radical (unpaired) electrons. The van der Waals surface area contributed by atoms with Crippen molar-refractivity contribution in [1.82, 2.24) is 0 Å². The number of alkyl halides is 1. The Morgan fingerprint density at radius 2 is 2.17 bits per heavy atom. The lowest BCUT2D eigenvalue weighted by Gasteiger charge is -2.40. The van der Waals surface area contributed by atoms with Crippen LogP contribution in [0.4, 0.5) is 0 Å². The highest BCUT2D eigenvalue weighted by Crippen LogP contribution is 2.40. The highest BCUT2D eigenvalue weighted by atomic mass is 35.5. The highest BCUT2D eigenvalue weighted by molar-refractivity contribution is 6.18. The van der Waals surface area contributed by atoms with Gasteiger partial charge in [0, 0.05) is 5.92 Å². The number of hydrogen-bond acceptors (Lipinski definition) is 2. The number of allylic oxidation sites excluding steroid dienone is 1. The van der Waals surface area contributed by atoms with Crippen molar-refractivity contribution in [2.24, 2.45) is 5.92 Å². The summed E-state index contributed by atoms with van der Waals surface area (Å²) < 4.78 is 0. The normalized spacial score (nSPS) is 29.7. The van der Waals surface area contributed by atoms with Gasteiger partial charge in [0.1, 0.15) is 0 Å². The predicted molar refractivity (Wildman–Crippen MR) is 76.8 cm³/mol. The van der Waals surface area contributed by atoms with Crippen LogP contribution in [0, 0.1) is 5.92 Å². The van der Waals surface area contributed by atoms with E-state index in [1.807, 2.05) is 19.9 Å². The van der Waals surface area contributed by atoms with Crippen molar-refractivity contribution in [3.63, 3.8) is 0 Å². The molecule has 0 aromatic heterocycles. The summed E-state index contributed by atoms with van der Waals surface area (Å²) in [5.41, 5.74) is 1.02. The van der Waals surface area contributed by atoms with Gasteiger partial charge in [0.25, 0.3) is 0 Å². The fourth-order valence-corrected chi connectivity index (χ4v) is 2.96. The lowest BCUT2D eigenvalue weighted by Crippen LogP contribution is -2.45. The minimum absolute atomic E-state index is 0.0793. The van der Waals surface area contributed by atoms with Gasteiger partial charge in [-0.05, 0) is 38.7 Å². The Morgan fingerprint density at radius 1 is 1.50 bits per heavy atom. The first-order valence-corrected chi connectivity index (χ1v) is 7.22. The Bertz CT molecular complexity index is 320. The van der Waals surface area contributed by atoms with E-state index in [-0.39, 0.29) is 11.8 Å². The third kappa shape index (κ3) is 3.84. The third-order valence-electron chi connectivity index (χ3n) is 3.86. The standard InChI is InChI=1S/C15H25ClO2/c1-11(2)7-8-14(17)12(3)13-6-4-5-9-15(13,18)10-16/h7,13-14,17-18H,3-6,8-10H2,1-2H3/t13?,14?,15-/m0/s1. The van der Waals surface area contributed by atoms with Crippen molar-refractivity contribution in [3.05, 3.63) is 23.8 Å². The fourth-order valence-electron chi connectivity index (χ4n) is 2.64. The molecule has 0 heterocycles. The molecule has 0 aromatic rings. The summed E-state index contributed by atoms with van der Waals surface area (Å²) in [6.07, 6.45) is 5.62. The summed E-state index contributed by atoms with van der Waals surface area (Å²) in [7, 11) is 0. The van der Waals surface area contributed by atoms with E-state index >= 15 is 0 Å². The molecule has 1 saturated carbocycles. The first-order valence-electron chi connectivity index (χ1n) is 6.69. The van der Waals surface area contributed by atoms with Crippen LogP contribution in [0.25, 0.3) is 0 Å². The molecule has 0 spiro atoms. The highest BCUT2D eigenvalue weighted by Gasteiger charge is 2.40. The van der Waals surface area contributed by atoms with Crippen LogP contribution >= 0.6 is 11.6 Å². The van der Waals surface area contributed by atoms with Gasteiger partial charge in [0.05, 0.1) is 17.6 Å². The molecule has 1 rings (SSSR count). The zero-order valence-electron chi connectivity index (χ0n) is 11.5. The second-order valence-electron chi connectivity index (χ2n) is 5.64. The summed E-state index contributed by atoms with van der Waals surface area (Å²) in [5.74, 6) is 0.135. The van der Waals surface area contributed by atoms with Gasteiger partial charge < -0.3 is 10.2 Å². The molecule has 2 N–H and O–H groups in total. The molecule has 1 aliphatic carbocycles. The molecule has 2 unspecified atom stereocenters. The van der Waals surface area contributed by atoms with Crippen molar-refractivity contribution in [1.29, 1.82) is 0 Å². The quantitative estimate of drug-likeness (QED) is 0.595. The summed E-state index contributed by atoms with van der Waals surface area (Å²) in [4.78, 5) is 0. The predicted octanol–water partition coefficient (Wildman–Crippen LogP) is 3.42. The van der Waals surface area contributed by atoms with E-state index in [0.29, 0.717) is 12.8 Å². The fraction of sp³-hybridized carbons (Fsp3) is 0.733. The van der Waals surface area contributed by atoms with Gasteiger partial charge in [0.15, 0.2) is 0 Å². The molecule has 104 valence electrons. The van der Waals surface area contributed by atoms with Gasteiger partial charge >= 0.3 is 0 Å². The molecule has 3 heteroatoms. The minimum atomic E-state index is -0.886. The molecule has 0 saturated heterocycles. The Kier molecular flexibility index (Phi) is 5.90. The Morgan fingerprint density at radius 3 is 2.72 bits per heavy atom. The van der Waals surface area contributed by atoms with E-state index in [4.69, 9.17) is 11.6 Å². The lowest BCUT2D eigenvalue weighted by molar-refractivity contribution is -0.0210. The topological polar surface area (TPSA) is 40.5 Å². The van der Waals surface area contributed by atoms with Gasteiger partial charge in [-0.3, -0.25) is 0 Å². The SMILES string of the molecule is C=C(C(O)CC=C(C)C)C1CCCC[C@]1(O)CCl.